The minimum absolute atomic E-state index is 0.0125. The molecule has 0 aromatic heterocycles. The van der Waals surface area contributed by atoms with Crippen LogP contribution in [-0.4, -0.2) is 12.0 Å². The molecule has 6 heteroatoms. The number of nitro groups is 1. The highest BCUT2D eigenvalue weighted by molar-refractivity contribution is 6.30. The van der Waals surface area contributed by atoms with Gasteiger partial charge in [-0.25, -0.2) is 0 Å². The van der Waals surface area contributed by atoms with Crippen molar-refractivity contribution in [2.24, 2.45) is 0 Å². The summed E-state index contributed by atoms with van der Waals surface area (Å²) in [5.41, 5.74) is 1.45. The number of halogens is 1. The molecule has 0 heterocycles. The third-order valence-corrected chi connectivity index (χ3v) is 3.05. The van der Waals surface area contributed by atoms with Crippen LogP contribution < -0.4 is 10.1 Å². The molecule has 0 bridgehead atoms. The van der Waals surface area contributed by atoms with Crippen LogP contribution in [-0.2, 0) is 6.54 Å². The summed E-state index contributed by atoms with van der Waals surface area (Å²) < 4.78 is 5.06. The van der Waals surface area contributed by atoms with Crippen molar-refractivity contribution in [2.75, 3.05) is 12.4 Å². The minimum Gasteiger partial charge on any atom is -0.497 e. The standard InChI is InChI=1S/C14H13ClN2O3/c1-20-13-6-4-12(5-7-13)16-9-10-2-3-11(15)8-14(10)17(18)19/h2-8,16H,9H2,1H3. The molecule has 2 aromatic carbocycles. The first-order valence-corrected chi connectivity index (χ1v) is 6.28. The van der Waals surface area contributed by atoms with Gasteiger partial charge in [0, 0.05) is 28.9 Å². The molecule has 0 aliphatic carbocycles. The summed E-state index contributed by atoms with van der Waals surface area (Å²) in [6.07, 6.45) is 0. The summed E-state index contributed by atoms with van der Waals surface area (Å²) in [5.74, 6) is 0.757. The van der Waals surface area contributed by atoms with Crippen molar-refractivity contribution in [3.05, 3.63) is 63.2 Å². The number of nitro benzene ring substituents is 1. The third kappa shape index (κ3) is 3.39. The topological polar surface area (TPSA) is 64.4 Å². The molecule has 0 saturated heterocycles. The Kier molecular flexibility index (Phi) is 4.42. The van der Waals surface area contributed by atoms with E-state index in [-0.39, 0.29) is 5.69 Å². The van der Waals surface area contributed by atoms with Crippen molar-refractivity contribution in [3.8, 4) is 5.75 Å². The maximum atomic E-state index is 11.0. The average Bonchev–Trinajstić information content (AvgIpc) is 2.46. The van der Waals surface area contributed by atoms with Crippen LogP contribution in [0.3, 0.4) is 0 Å². The van der Waals surface area contributed by atoms with Gasteiger partial charge in [0.2, 0.25) is 0 Å². The zero-order valence-corrected chi connectivity index (χ0v) is 11.6. The van der Waals surface area contributed by atoms with Crippen molar-refractivity contribution in [3.63, 3.8) is 0 Å². The van der Waals surface area contributed by atoms with Gasteiger partial charge in [-0.15, -0.1) is 0 Å². The van der Waals surface area contributed by atoms with Gasteiger partial charge in [-0.1, -0.05) is 11.6 Å². The zero-order valence-electron chi connectivity index (χ0n) is 10.8. The number of benzene rings is 2. The van der Waals surface area contributed by atoms with E-state index in [1.807, 2.05) is 24.3 Å². The van der Waals surface area contributed by atoms with E-state index in [9.17, 15) is 10.1 Å². The molecule has 2 aromatic rings. The van der Waals surface area contributed by atoms with E-state index in [1.165, 1.54) is 6.07 Å². The second-order valence-corrected chi connectivity index (χ2v) is 4.55. The van der Waals surface area contributed by atoms with Gasteiger partial charge in [-0.05, 0) is 36.4 Å². The van der Waals surface area contributed by atoms with Gasteiger partial charge in [-0.3, -0.25) is 10.1 Å². The van der Waals surface area contributed by atoms with Gasteiger partial charge in [0.25, 0.3) is 5.69 Å². The Morgan fingerprint density at radius 1 is 1.25 bits per heavy atom. The number of methoxy groups -OCH3 is 1. The van der Waals surface area contributed by atoms with E-state index in [0.717, 1.165) is 11.4 Å². The van der Waals surface area contributed by atoms with Crippen molar-refractivity contribution in [1.82, 2.24) is 0 Å². The number of hydrogen-bond acceptors (Lipinski definition) is 4. The van der Waals surface area contributed by atoms with E-state index in [2.05, 4.69) is 5.32 Å². The van der Waals surface area contributed by atoms with Crippen LogP contribution in [0.25, 0.3) is 0 Å². The lowest BCUT2D eigenvalue weighted by molar-refractivity contribution is -0.385. The predicted molar refractivity (Wildman–Crippen MR) is 78.4 cm³/mol. The quantitative estimate of drug-likeness (QED) is 0.671. The summed E-state index contributed by atoms with van der Waals surface area (Å²) >= 11 is 5.77. The van der Waals surface area contributed by atoms with E-state index in [4.69, 9.17) is 16.3 Å². The molecule has 2 rings (SSSR count). The zero-order chi connectivity index (χ0) is 14.5. The summed E-state index contributed by atoms with van der Waals surface area (Å²) in [6.45, 7) is 0.347. The average molecular weight is 293 g/mol. The molecule has 20 heavy (non-hydrogen) atoms. The molecule has 0 unspecified atom stereocenters. The van der Waals surface area contributed by atoms with Gasteiger partial charge < -0.3 is 10.1 Å². The summed E-state index contributed by atoms with van der Waals surface area (Å²) in [6, 6.07) is 12.0. The smallest absolute Gasteiger partial charge is 0.275 e. The molecule has 0 amide bonds. The van der Waals surface area contributed by atoms with Crippen LogP contribution in [0, 0.1) is 10.1 Å². The molecule has 0 spiro atoms. The Hall–Kier alpha value is -2.27. The third-order valence-electron chi connectivity index (χ3n) is 2.82. The molecule has 0 atom stereocenters. The summed E-state index contributed by atoms with van der Waals surface area (Å²) in [5, 5.41) is 14.4. The summed E-state index contributed by atoms with van der Waals surface area (Å²) in [4.78, 5) is 10.5. The highest BCUT2D eigenvalue weighted by atomic mass is 35.5. The Morgan fingerprint density at radius 3 is 2.55 bits per heavy atom. The monoisotopic (exact) mass is 292 g/mol. The first-order valence-electron chi connectivity index (χ1n) is 5.91. The van der Waals surface area contributed by atoms with Crippen molar-refractivity contribution < 1.29 is 9.66 Å². The van der Waals surface area contributed by atoms with Gasteiger partial charge in [-0.2, -0.15) is 0 Å². The number of rotatable bonds is 5. The Labute approximate surface area is 121 Å². The van der Waals surface area contributed by atoms with Crippen LogP contribution in [0.1, 0.15) is 5.56 Å². The van der Waals surface area contributed by atoms with Gasteiger partial charge in [0.15, 0.2) is 0 Å². The molecular weight excluding hydrogens is 280 g/mol. The van der Waals surface area contributed by atoms with Gasteiger partial charge in [0.1, 0.15) is 5.75 Å². The van der Waals surface area contributed by atoms with E-state index < -0.39 is 4.92 Å². The molecule has 0 aliphatic rings. The molecule has 0 fully saturated rings. The van der Waals surface area contributed by atoms with Crippen molar-refractivity contribution >= 4 is 23.0 Å². The van der Waals surface area contributed by atoms with Crippen LogP contribution >= 0.6 is 11.6 Å². The van der Waals surface area contributed by atoms with E-state index >= 15 is 0 Å². The van der Waals surface area contributed by atoms with Gasteiger partial charge >= 0.3 is 0 Å². The normalized spacial score (nSPS) is 10.1. The highest BCUT2D eigenvalue weighted by Crippen LogP contribution is 2.24. The lowest BCUT2D eigenvalue weighted by Gasteiger charge is -2.08. The fourth-order valence-corrected chi connectivity index (χ4v) is 1.93. The van der Waals surface area contributed by atoms with Crippen molar-refractivity contribution in [2.45, 2.75) is 6.54 Å². The summed E-state index contributed by atoms with van der Waals surface area (Å²) in [7, 11) is 1.60. The molecule has 104 valence electrons. The Morgan fingerprint density at radius 2 is 1.95 bits per heavy atom. The SMILES string of the molecule is COc1ccc(NCc2ccc(Cl)cc2[N+](=O)[O-])cc1. The Balaban J connectivity index is 2.12. The fraction of sp³-hybridized carbons (Fsp3) is 0.143. The van der Waals surface area contributed by atoms with E-state index in [1.54, 1.807) is 19.2 Å². The molecule has 0 radical (unpaired) electrons. The van der Waals surface area contributed by atoms with Crippen molar-refractivity contribution in [1.29, 1.82) is 0 Å². The molecule has 0 saturated carbocycles. The molecule has 1 N–H and O–H groups in total. The Bertz CT molecular complexity index is 614. The van der Waals surface area contributed by atoms with Crippen LogP contribution in [0.4, 0.5) is 11.4 Å². The number of anilines is 1. The minimum atomic E-state index is -0.434. The largest absolute Gasteiger partial charge is 0.497 e. The molecule has 0 aliphatic heterocycles. The second kappa shape index (κ2) is 6.25. The van der Waals surface area contributed by atoms with Crippen LogP contribution in [0.5, 0.6) is 5.75 Å². The lowest BCUT2D eigenvalue weighted by Crippen LogP contribution is -2.03. The number of nitrogens with zero attached hydrogens (tertiary/aromatic N) is 1. The predicted octanol–water partition coefficient (Wildman–Crippen LogP) is 3.87. The van der Waals surface area contributed by atoms with E-state index in [0.29, 0.717) is 17.1 Å². The molecule has 5 nitrogen and oxygen atoms in total. The maximum absolute atomic E-state index is 11.0. The molecular formula is C14H13ClN2O3. The number of ether oxygens (including phenoxy) is 1. The van der Waals surface area contributed by atoms with Crippen LogP contribution in [0.2, 0.25) is 5.02 Å². The van der Waals surface area contributed by atoms with Crippen LogP contribution in [0.15, 0.2) is 42.5 Å². The fourth-order valence-electron chi connectivity index (χ4n) is 1.76. The first-order chi connectivity index (χ1) is 9.60. The number of hydrogen-bond donors (Lipinski definition) is 1. The lowest BCUT2D eigenvalue weighted by atomic mass is 10.1. The first kappa shape index (κ1) is 14.1. The highest BCUT2D eigenvalue weighted by Gasteiger charge is 2.13. The van der Waals surface area contributed by atoms with Gasteiger partial charge in [0.05, 0.1) is 12.0 Å². The number of nitrogens with one attached hydrogen (secondary N) is 1. The maximum Gasteiger partial charge on any atom is 0.275 e. The second-order valence-electron chi connectivity index (χ2n) is 4.11.